The second-order valence-electron chi connectivity index (χ2n) is 5.56. The van der Waals surface area contributed by atoms with Gasteiger partial charge in [0.05, 0.1) is 4.88 Å². The van der Waals surface area contributed by atoms with Gasteiger partial charge in [-0.05, 0) is 36.9 Å². The lowest BCUT2D eigenvalue weighted by atomic mass is 10.2. The molecule has 1 aromatic carbocycles. The van der Waals surface area contributed by atoms with Gasteiger partial charge in [0.15, 0.2) is 0 Å². The molecule has 0 bridgehead atoms. The Labute approximate surface area is 158 Å². The molecule has 136 valence electrons. The van der Waals surface area contributed by atoms with Gasteiger partial charge in [0.25, 0.3) is 5.91 Å². The van der Waals surface area contributed by atoms with Crippen LogP contribution in [0.25, 0.3) is 0 Å². The molecule has 0 radical (unpaired) electrons. The summed E-state index contributed by atoms with van der Waals surface area (Å²) in [7, 11) is 0. The lowest BCUT2D eigenvalue weighted by molar-refractivity contribution is -0.133. The second-order valence-corrected chi connectivity index (χ2v) is 6.51. The molecule has 7 heteroatoms. The summed E-state index contributed by atoms with van der Waals surface area (Å²) in [5, 5.41) is 4.61. The zero-order valence-electron chi connectivity index (χ0n) is 14.2. The van der Waals surface area contributed by atoms with Crippen molar-refractivity contribution < 1.29 is 9.59 Å². The molecule has 1 unspecified atom stereocenters. The fraction of sp³-hybridized carbons (Fsp3) is 0.333. The third-order valence-electron chi connectivity index (χ3n) is 3.62. The fourth-order valence-electron chi connectivity index (χ4n) is 2.36. The Morgan fingerprint density at radius 1 is 1.20 bits per heavy atom. The molecule has 25 heavy (non-hydrogen) atoms. The van der Waals surface area contributed by atoms with Crippen LogP contribution in [0, 0.1) is 0 Å². The molecule has 1 aromatic heterocycles. The van der Waals surface area contributed by atoms with E-state index in [1.165, 1.54) is 11.3 Å². The van der Waals surface area contributed by atoms with Crippen molar-refractivity contribution in [1.29, 1.82) is 0 Å². The molecule has 3 N–H and O–H groups in total. The van der Waals surface area contributed by atoms with E-state index in [0.717, 1.165) is 12.0 Å². The maximum atomic E-state index is 12.7. The smallest absolute Gasteiger partial charge is 0.261 e. The first-order valence-corrected chi connectivity index (χ1v) is 8.87. The molecular formula is C18H24ClN3O2S. The van der Waals surface area contributed by atoms with Crippen molar-refractivity contribution in [2.45, 2.75) is 25.9 Å². The van der Waals surface area contributed by atoms with E-state index in [9.17, 15) is 9.59 Å². The molecule has 2 aromatic rings. The van der Waals surface area contributed by atoms with Crippen LogP contribution in [-0.2, 0) is 11.3 Å². The van der Waals surface area contributed by atoms with Gasteiger partial charge in [0.1, 0.15) is 6.04 Å². The maximum Gasteiger partial charge on any atom is 0.261 e. The Balaban J connectivity index is 0.00000312. The first kappa shape index (κ1) is 21.2. The van der Waals surface area contributed by atoms with E-state index in [4.69, 9.17) is 5.73 Å². The Morgan fingerprint density at radius 3 is 2.52 bits per heavy atom. The summed E-state index contributed by atoms with van der Waals surface area (Å²) in [6.07, 6.45) is 0.726. The Morgan fingerprint density at radius 2 is 1.92 bits per heavy atom. The fourth-order valence-corrected chi connectivity index (χ4v) is 2.99. The summed E-state index contributed by atoms with van der Waals surface area (Å²) in [4.78, 5) is 27.2. The minimum absolute atomic E-state index is 0. The zero-order chi connectivity index (χ0) is 17.4. The molecule has 0 spiro atoms. The summed E-state index contributed by atoms with van der Waals surface area (Å²) in [6.45, 7) is 3.32. The third kappa shape index (κ3) is 6.49. The molecule has 0 aliphatic carbocycles. The van der Waals surface area contributed by atoms with Gasteiger partial charge < -0.3 is 16.0 Å². The molecule has 5 nitrogen and oxygen atoms in total. The van der Waals surface area contributed by atoms with Crippen molar-refractivity contribution in [2.75, 3.05) is 13.1 Å². The molecular weight excluding hydrogens is 358 g/mol. The molecule has 0 aliphatic rings. The highest BCUT2D eigenvalue weighted by Crippen LogP contribution is 2.10. The van der Waals surface area contributed by atoms with Gasteiger partial charge in [-0.3, -0.25) is 9.59 Å². The highest BCUT2D eigenvalue weighted by molar-refractivity contribution is 7.12. The van der Waals surface area contributed by atoms with Crippen molar-refractivity contribution in [1.82, 2.24) is 10.2 Å². The average molecular weight is 382 g/mol. The monoisotopic (exact) mass is 381 g/mol. The van der Waals surface area contributed by atoms with Crippen molar-refractivity contribution in [3.8, 4) is 0 Å². The summed E-state index contributed by atoms with van der Waals surface area (Å²) in [6, 6.07) is 12.8. The van der Waals surface area contributed by atoms with Crippen LogP contribution in [0.5, 0.6) is 0 Å². The van der Waals surface area contributed by atoms with E-state index in [-0.39, 0.29) is 24.2 Å². The average Bonchev–Trinajstić information content (AvgIpc) is 3.13. The van der Waals surface area contributed by atoms with Gasteiger partial charge in [-0.15, -0.1) is 23.7 Å². The van der Waals surface area contributed by atoms with Crippen LogP contribution in [0.2, 0.25) is 0 Å². The summed E-state index contributed by atoms with van der Waals surface area (Å²) in [5.74, 6) is -0.318. The molecule has 0 saturated carbocycles. The Kier molecular flexibility index (Phi) is 9.20. The number of hydrogen-bond donors (Lipinski definition) is 2. The van der Waals surface area contributed by atoms with E-state index < -0.39 is 6.04 Å². The van der Waals surface area contributed by atoms with Crippen LogP contribution < -0.4 is 11.1 Å². The molecule has 0 fully saturated rings. The number of halogens is 1. The quantitative estimate of drug-likeness (QED) is 0.738. The number of amides is 2. The number of nitrogens with zero attached hydrogens (tertiary/aromatic N) is 1. The number of rotatable bonds is 8. The van der Waals surface area contributed by atoms with Gasteiger partial charge in [-0.25, -0.2) is 0 Å². The van der Waals surface area contributed by atoms with Crippen molar-refractivity contribution in [3.05, 3.63) is 58.3 Å². The van der Waals surface area contributed by atoms with E-state index in [0.29, 0.717) is 24.5 Å². The van der Waals surface area contributed by atoms with Crippen LogP contribution in [0.3, 0.4) is 0 Å². The summed E-state index contributed by atoms with van der Waals surface area (Å²) >= 11 is 1.36. The molecule has 2 rings (SSSR count). The number of carbonyl (C=O) groups is 2. The predicted molar refractivity (Wildman–Crippen MR) is 104 cm³/mol. The largest absolute Gasteiger partial charge is 0.340 e. The van der Waals surface area contributed by atoms with E-state index in [1.807, 2.05) is 41.8 Å². The summed E-state index contributed by atoms with van der Waals surface area (Å²) in [5.41, 5.74) is 6.64. The standard InChI is InChI=1S/C18H23N3O2S.ClH/c1-14(20-17(22)16-9-5-12-24-16)18(23)21(11-6-10-19)13-15-7-3-2-4-8-15;/h2-5,7-9,12,14H,6,10-11,13,19H2,1H3,(H,20,22);1H. The zero-order valence-corrected chi connectivity index (χ0v) is 15.8. The molecule has 2 amide bonds. The van der Waals surface area contributed by atoms with Gasteiger partial charge in [0, 0.05) is 13.1 Å². The van der Waals surface area contributed by atoms with Crippen molar-refractivity contribution >= 4 is 35.6 Å². The molecule has 0 aliphatic heterocycles. The Bertz CT molecular complexity index is 650. The van der Waals surface area contributed by atoms with Crippen LogP contribution in [0.15, 0.2) is 47.8 Å². The minimum Gasteiger partial charge on any atom is -0.340 e. The maximum absolute atomic E-state index is 12.7. The third-order valence-corrected chi connectivity index (χ3v) is 4.49. The van der Waals surface area contributed by atoms with Gasteiger partial charge >= 0.3 is 0 Å². The van der Waals surface area contributed by atoms with Gasteiger partial charge in [-0.2, -0.15) is 0 Å². The first-order chi connectivity index (χ1) is 11.6. The van der Waals surface area contributed by atoms with E-state index >= 15 is 0 Å². The second kappa shape index (κ2) is 10.9. The number of nitrogens with two attached hydrogens (primary N) is 1. The summed E-state index contributed by atoms with van der Waals surface area (Å²) < 4.78 is 0. The number of hydrogen-bond acceptors (Lipinski definition) is 4. The number of nitrogens with one attached hydrogen (secondary N) is 1. The Hall–Kier alpha value is -1.89. The number of benzene rings is 1. The van der Waals surface area contributed by atoms with E-state index in [2.05, 4.69) is 5.32 Å². The predicted octanol–water partition coefficient (Wildman–Crippen LogP) is 2.67. The van der Waals surface area contributed by atoms with Crippen molar-refractivity contribution in [2.24, 2.45) is 5.73 Å². The normalized spacial score (nSPS) is 11.3. The SMILES string of the molecule is CC(NC(=O)c1cccs1)C(=O)N(CCCN)Cc1ccccc1.Cl. The lowest BCUT2D eigenvalue weighted by Gasteiger charge is -2.26. The highest BCUT2D eigenvalue weighted by atomic mass is 35.5. The molecule has 1 heterocycles. The minimum atomic E-state index is -0.582. The topological polar surface area (TPSA) is 75.4 Å². The van der Waals surface area contributed by atoms with Crippen LogP contribution >= 0.6 is 23.7 Å². The highest BCUT2D eigenvalue weighted by Gasteiger charge is 2.22. The van der Waals surface area contributed by atoms with Gasteiger partial charge in [0.2, 0.25) is 5.91 Å². The van der Waals surface area contributed by atoms with Crippen LogP contribution in [0.1, 0.15) is 28.6 Å². The van der Waals surface area contributed by atoms with Crippen LogP contribution in [-0.4, -0.2) is 35.8 Å². The molecule has 1 atom stereocenters. The van der Waals surface area contributed by atoms with E-state index in [1.54, 1.807) is 17.9 Å². The number of carbonyl (C=O) groups excluding carboxylic acids is 2. The lowest BCUT2D eigenvalue weighted by Crippen LogP contribution is -2.47. The number of thiophene rings is 1. The first-order valence-electron chi connectivity index (χ1n) is 7.99. The molecule has 0 saturated heterocycles. The van der Waals surface area contributed by atoms with Gasteiger partial charge in [-0.1, -0.05) is 36.4 Å². The van der Waals surface area contributed by atoms with Crippen LogP contribution in [0.4, 0.5) is 0 Å². The van der Waals surface area contributed by atoms with Crippen molar-refractivity contribution in [3.63, 3.8) is 0 Å².